The monoisotopic (exact) mass is 398 g/mol. The van der Waals surface area contributed by atoms with E-state index in [1.165, 1.54) is 22.5 Å². The van der Waals surface area contributed by atoms with Gasteiger partial charge in [0.15, 0.2) is 0 Å². The van der Waals surface area contributed by atoms with Gasteiger partial charge in [0, 0.05) is 25.0 Å². The Morgan fingerprint density at radius 2 is 2.00 bits per heavy atom. The molecule has 0 unspecified atom stereocenters. The summed E-state index contributed by atoms with van der Waals surface area (Å²) in [6, 6.07) is 8.21. The molecule has 1 amide bonds. The molecule has 0 bridgehead atoms. The summed E-state index contributed by atoms with van der Waals surface area (Å²) in [6.07, 6.45) is 1.73. The number of carbonyl (C=O) groups is 1. The fraction of sp³-hybridized carbons (Fsp3) is 0.353. The van der Waals surface area contributed by atoms with E-state index in [4.69, 9.17) is 11.6 Å². The lowest BCUT2D eigenvalue weighted by molar-refractivity contribution is 0.0786. The Labute approximate surface area is 156 Å². The van der Waals surface area contributed by atoms with Crippen molar-refractivity contribution in [3.05, 3.63) is 51.2 Å². The van der Waals surface area contributed by atoms with Gasteiger partial charge in [0.25, 0.3) is 5.91 Å². The molecule has 2 aromatic rings. The van der Waals surface area contributed by atoms with Crippen LogP contribution in [0.4, 0.5) is 0 Å². The maximum Gasteiger partial charge on any atom is 0.255 e. The van der Waals surface area contributed by atoms with E-state index in [2.05, 4.69) is 0 Å². The molecule has 1 fully saturated rings. The molecule has 0 aliphatic carbocycles. The quantitative estimate of drug-likeness (QED) is 0.774. The number of nitrogens with zero attached hydrogens (tertiary/aromatic N) is 2. The molecule has 0 atom stereocenters. The lowest BCUT2D eigenvalue weighted by atomic mass is 10.2. The number of carbonyl (C=O) groups excluding carboxylic acids is 1. The Bertz CT molecular complexity index is 860. The fourth-order valence-corrected chi connectivity index (χ4v) is 5.32. The van der Waals surface area contributed by atoms with Crippen LogP contribution in [0.25, 0.3) is 0 Å². The van der Waals surface area contributed by atoms with E-state index in [9.17, 15) is 13.2 Å². The summed E-state index contributed by atoms with van der Waals surface area (Å²) in [7, 11) is -1.90. The van der Waals surface area contributed by atoms with E-state index in [1.54, 1.807) is 23.3 Å². The van der Waals surface area contributed by atoms with Crippen LogP contribution in [0.15, 0.2) is 40.6 Å². The highest BCUT2D eigenvalue weighted by atomic mass is 35.5. The molecular formula is C17H19ClN2O3S2. The van der Waals surface area contributed by atoms with Crippen LogP contribution >= 0.6 is 22.9 Å². The number of amides is 1. The third-order valence-electron chi connectivity index (χ3n) is 4.19. The SMILES string of the molecule is CN(Cc1cccs1)C(=O)c1cc(S(=O)(=O)N2CCCC2)ccc1Cl. The number of thiophene rings is 1. The normalized spacial score (nSPS) is 15.4. The van der Waals surface area contributed by atoms with Gasteiger partial charge in [-0.1, -0.05) is 17.7 Å². The topological polar surface area (TPSA) is 57.7 Å². The lowest BCUT2D eigenvalue weighted by Gasteiger charge is -2.19. The molecule has 1 aliphatic heterocycles. The molecule has 0 radical (unpaired) electrons. The Balaban J connectivity index is 1.87. The van der Waals surface area contributed by atoms with Gasteiger partial charge >= 0.3 is 0 Å². The number of benzene rings is 1. The van der Waals surface area contributed by atoms with Crippen molar-refractivity contribution >= 4 is 38.9 Å². The van der Waals surface area contributed by atoms with Crippen molar-refractivity contribution in [2.75, 3.05) is 20.1 Å². The van der Waals surface area contributed by atoms with Crippen molar-refractivity contribution < 1.29 is 13.2 Å². The van der Waals surface area contributed by atoms with E-state index in [1.807, 2.05) is 17.5 Å². The smallest absolute Gasteiger partial charge is 0.255 e. The number of hydrogen-bond acceptors (Lipinski definition) is 4. The minimum Gasteiger partial charge on any atom is -0.337 e. The van der Waals surface area contributed by atoms with Crippen molar-refractivity contribution in [3.63, 3.8) is 0 Å². The van der Waals surface area contributed by atoms with Gasteiger partial charge in [-0.25, -0.2) is 8.42 Å². The van der Waals surface area contributed by atoms with E-state index < -0.39 is 10.0 Å². The number of rotatable bonds is 5. The predicted molar refractivity (Wildman–Crippen MR) is 99.6 cm³/mol. The van der Waals surface area contributed by atoms with Crippen molar-refractivity contribution in [1.29, 1.82) is 0 Å². The Hall–Kier alpha value is -1.41. The Morgan fingerprint density at radius 3 is 2.64 bits per heavy atom. The van der Waals surface area contributed by atoms with Crippen LogP contribution in [0.3, 0.4) is 0 Å². The second-order valence-corrected chi connectivity index (χ2v) is 9.37. The van der Waals surface area contributed by atoms with Gasteiger partial charge in [-0.05, 0) is 42.5 Å². The maximum atomic E-state index is 12.7. The van der Waals surface area contributed by atoms with Gasteiger partial charge in [0.05, 0.1) is 22.0 Å². The summed E-state index contributed by atoms with van der Waals surface area (Å²) >= 11 is 7.74. The average molecular weight is 399 g/mol. The van der Waals surface area contributed by atoms with Crippen LogP contribution < -0.4 is 0 Å². The highest BCUT2D eigenvalue weighted by Crippen LogP contribution is 2.26. The molecule has 8 heteroatoms. The van der Waals surface area contributed by atoms with E-state index in [0.29, 0.717) is 19.6 Å². The zero-order chi connectivity index (χ0) is 18.0. The van der Waals surface area contributed by atoms with Crippen molar-refractivity contribution in [2.45, 2.75) is 24.3 Å². The zero-order valence-electron chi connectivity index (χ0n) is 13.8. The van der Waals surface area contributed by atoms with Gasteiger partial charge in [-0.15, -0.1) is 11.3 Å². The van der Waals surface area contributed by atoms with Crippen LogP contribution in [0.5, 0.6) is 0 Å². The van der Waals surface area contributed by atoms with E-state index in [0.717, 1.165) is 17.7 Å². The standard InChI is InChI=1S/C17H19ClN2O3S2/c1-19(12-13-5-4-10-24-13)17(21)15-11-14(6-7-16(15)18)25(22,23)20-8-2-3-9-20/h4-7,10-11H,2-3,8-9,12H2,1H3. The maximum absolute atomic E-state index is 12.7. The minimum atomic E-state index is -3.58. The van der Waals surface area contributed by atoms with Gasteiger partial charge < -0.3 is 4.90 Å². The largest absolute Gasteiger partial charge is 0.337 e. The number of halogens is 1. The zero-order valence-corrected chi connectivity index (χ0v) is 16.2. The second-order valence-electron chi connectivity index (χ2n) is 5.99. The minimum absolute atomic E-state index is 0.117. The van der Waals surface area contributed by atoms with Gasteiger partial charge in [0.1, 0.15) is 0 Å². The average Bonchev–Trinajstić information content (AvgIpc) is 3.28. The van der Waals surface area contributed by atoms with Crippen LogP contribution in [0.1, 0.15) is 28.1 Å². The van der Waals surface area contributed by atoms with E-state index >= 15 is 0 Å². The number of sulfonamides is 1. The van der Waals surface area contributed by atoms with Crippen molar-refractivity contribution in [1.82, 2.24) is 9.21 Å². The first-order valence-corrected chi connectivity index (χ1v) is 10.7. The molecule has 5 nitrogen and oxygen atoms in total. The third kappa shape index (κ3) is 3.89. The van der Waals surface area contributed by atoms with Crippen LogP contribution in [0, 0.1) is 0 Å². The highest BCUT2D eigenvalue weighted by molar-refractivity contribution is 7.89. The van der Waals surface area contributed by atoms with Crippen molar-refractivity contribution in [2.24, 2.45) is 0 Å². The molecule has 1 aromatic heterocycles. The van der Waals surface area contributed by atoms with Crippen LogP contribution in [0.2, 0.25) is 5.02 Å². The molecule has 2 heterocycles. The van der Waals surface area contributed by atoms with Crippen molar-refractivity contribution in [3.8, 4) is 0 Å². The summed E-state index contributed by atoms with van der Waals surface area (Å²) in [4.78, 5) is 15.4. The first-order valence-electron chi connectivity index (χ1n) is 7.97. The molecule has 0 N–H and O–H groups in total. The summed E-state index contributed by atoms with van der Waals surface area (Å²) in [5, 5.41) is 2.20. The summed E-state index contributed by atoms with van der Waals surface area (Å²) < 4.78 is 26.9. The Kier molecular flexibility index (Phi) is 5.48. The summed E-state index contributed by atoms with van der Waals surface area (Å²) in [6.45, 7) is 1.50. The number of hydrogen-bond donors (Lipinski definition) is 0. The molecule has 1 aliphatic rings. The molecule has 0 saturated carbocycles. The molecule has 25 heavy (non-hydrogen) atoms. The molecule has 0 spiro atoms. The van der Waals surface area contributed by atoms with Gasteiger partial charge in [-0.3, -0.25) is 4.79 Å². The molecular weight excluding hydrogens is 380 g/mol. The first-order chi connectivity index (χ1) is 11.9. The van der Waals surface area contributed by atoms with Gasteiger partial charge in [0.2, 0.25) is 10.0 Å². The summed E-state index contributed by atoms with van der Waals surface area (Å²) in [5.74, 6) is -0.295. The predicted octanol–water partition coefficient (Wildman–Crippen LogP) is 3.46. The fourth-order valence-electron chi connectivity index (χ4n) is 2.82. The van der Waals surface area contributed by atoms with Gasteiger partial charge in [-0.2, -0.15) is 4.31 Å². The second kappa shape index (κ2) is 7.45. The Morgan fingerprint density at radius 1 is 1.28 bits per heavy atom. The van der Waals surface area contributed by atoms with E-state index in [-0.39, 0.29) is 21.4 Å². The third-order valence-corrected chi connectivity index (χ3v) is 7.28. The molecule has 3 rings (SSSR count). The lowest BCUT2D eigenvalue weighted by Crippen LogP contribution is -2.29. The molecule has 134 valence electrons. The summed E-state index contributed by atoms with van der Waals surface area (Å²) in [5.41, 5.74) is 0.209. The van der Waals surface area contributed by atoms with Crippen LogP contribution in [-0.4, -0.2) is 43.7 Å². The van der Waals surface area contributed by atoms with Crippen LogP contribution in [-0.2, 0) is 16.6 Å². The highest BCUT2D eigenvalue weighted by Gasteiger charge is 2.28. The molecule has 1 aromatic carbocycles. The molecule has 1 saturated heterocycles. The first kappa shape index (κ1) is 18.4.